The molecule has 0 bridgehead atoms. The van der Waals surface area contributed by atoms with Crippen LogP contribution in [-0.2, 0) is 23.7 Å². The van der Waals surface area contributed by atoms with Crippen LogP contribution in [0.25, 0.3) is 0 Å². The van der Waals surface area contributed by atoms with Crippen molar-refractivity contribution in [3.05, 3.63) is 24.3 Å². The van der Waals surface area contributed by atoms with E-state index in [0.717, 1.165) is 38.5 Å². The van der Waals surface area contributed by atoms with Gasteiger partial charge in [-0.2, -0.15) is 0 Å². The lowest BCUT2D eigenvalue weighted by Crippen LogP contribution is -2.59. The summed E-state index contributed by atoms with van der Waals surface area (Å²) in [7, 11) is 0. The van der Waals surface area contributed by atoms with Gasteiger partial charge in [0, 0.05) is 13.0 Å². The summed E-state index contributed by atoms with van der Waals surface area (Å²) in [6.45, 7) is 4.60. The fraction of sp³-hybridized carbons (Fsp3) is 0.911. The van der Waals surface area contributed by atoms with E-state index in [1.807, 2.05) is 0 Å². The summed E-state index contributed by atoms with van der Waals surface area (Å²) in [5, 5.41) is 40.3. The second kappa shape index (κ2) is 47.7. The van der Waals surface area contributed by atoms with Gasteiger partial charge in [0.15, 0.2) is 6.29 Å². The number of ether oxygens (including phenoxy) is 4. The van der Waals surface area contributed by atoms with Crippen LogP contribution < -0.4 is 0 Å². The molecule has 0 aromatic heterocycles. The lowest BCUT2D eigenvalue weighted by molar-refractivity contribution is -0.305. The first-order valence-corrected chi connectivity index (χ1v) is 27.9. The van der Waals surface area contributed by atoms with E-state index in [0.29, 0.717) is 13.0 Å². The minimum Gasteiger partial charge on any atom is -0.457 e. The minimum absolute atomic E-state index is 0.110. The first kappa shape index (κ1) is 61.7. The molecule has 0 saturated carbocycles. The van der Waals surface area contributed by atoms with Gasteiger partial charge >= 0.3 is 5.97 Å². The Bertz CT molecular complexity index is 1050. The fourth-order valence-electron chi connectivity index (χ4n) is 8.76. The van der Waals surface area contributed by atoms with Gasteiger partial charge in [-0.25, -0.2) is 0 Å². The van der Waals surface area contributed by atoms with Crippen molar-refractivity contribution in [3.8, 4) is 0 Å². The first-order chi connectivity index (χ1) is 31.9. The van der Waals surface area contributed by atoms with Gasteiger partial charge in [-0.15, -0.1) is 0 Å². The Morgan fingerprint density at radius 1 is 0.492 bits per heavy atom. The van der Waals surface area contributed by atoms with Crippen LogP contribution in [0.3, 0.4) is 0 Å². The predicted molar refractivity (Wildman–Crippen MR) is 270 cm³/mol. The zero-order valence-corrected chi connectivity index (χ0v) is 42.5. The SMILES string of the molecule is CCCCCCC/C=C\C/C=C\CCCCCCCCCCCCOCC(COC1OC(CO)C(O)C(O)C1O)OC(=O)CCCCCCCCCCCCCCCCCCCCCC. The average Bonchev–Trinajstić information content (AvgIpc) is 3.31. The van der Waals surface area contributed by atoms with Crippen LogP contribution in [0.1, 0.15) is 264 Å². The minimum atomic E-state index is -1.54. The third-order valence-electron chi connectivity index (χ3n) is 13.1. The normalized spacial score (nSPS) is 19.5. The number of allylic oxidation sites excluding steroid dienone is 4. The third-order valence-corrected chi connectivity index (χ3v) is 13.1. The van der Waals surface area contributed by atoms with Gasteiger partial charge in [-0.1, -0.05) is 237 Å². The summed E-state index contributed by atoms with van der Waals surface area (Å²) in [4.78, 5) is 12.9. The topological polar surface area (TPSA) is 135 Å². The highest BCUT2D eigenvalue weighted by Gasteiger charge is 2.44. The Morgan fingerprint density at radius 2 is 0.892 bits per heavy atom. The van der Waals surface area contributed by atoms with Crippen LogP contribution in [0, 0.1) is 0 Å². The summed E-state index contributed by atoms with van der Waals surface area (Å²) in [5.41, 5.74) is 0. The van der Waals surface area contributed by atoms with Gasteiger partial charge in [0.05, 0.1) is 19.8 Å². The van der Waals surface area contributed by atoms with Gasteiger partial charge in [0.2, 0.25) is 0 Å². The van der Waals surface area contributed by atoms with Gasteiger partial charge in [-0.05, 0) is 44.9 Å². The van der Waals surface area contributed by atoms with Crippen LogP contribution in [0.4, 0.5) is 0 Å². The molecular formula is C56H106O9. The molecule has 1 saturated heterocycles. The van der Waals surface area contributed by atoms with Gasteiger partial charge in [-0.3, -0.25) is 4.79 Å². The molecule has 0 aromatic carbocycles. The molecule has 9 nitrogen and oxygen atoms in total. The van der Waals surface area contributed by atoms with Gasteiger partial charge < -0.3 is 39.4 Å². The van der Waals surface area contributed by atoms with Crippen LogP contribution in [-0.4, -0.2) is 89.6 Å². The smallest absolute Gasteiger partial charge is 0.306 e. The molecule has 0 spiro atoms. The Hall–Kier alpha value is -1.33. The highest BCUT2D eigenvalue weighted by molar-refractivity contribution is 5.69. The van der Waals surface area contributed by atoms with Crippen molar-refractivity contribution in [1.82, 2.24) is 0 Å². The number of carbonyl (C=O) groups is 1. The number of rotatable bonds is 49. The van der Waals surface area contributed by atoms with Crippen molar-refractivity contribution < 1.29 is 44.2 Å². The number of unbranched alkanes of at least 4 members (excludes halogenated alkanes) is 34. The highest BCUT2D eigenvalue weighted by atomic mass is 16.7. The van der Waals surface area contributed by atoms with Crippen molar-refractivity contribution in [3.63, 3.8) is 0 Å². The largest absolute Gasteiger partial charge is 0.457 e. The van der Waals surface area contributed by atoms with Crippen molar-refractivity contribution in [2.24, 2.45) is 0 Å². The van der Waals surface area contributed by atoms with E-state index in [9.17, 15) is 25.2 Å². The Balaban J connectivity index is 2.16. The number of esters is 1. The molecule has 65 heavy (non-hydrogen) atoms. The summed E-state index contributed by atoms with van der Waals surface area (Å²) >= 11 is 0. The van der Waals surface area contributed by atoms with Crippen molar-refractivity contribution in [2.45, 2.75) is 301 Å². The fourth-order valence-corrected chi connectivity index (χ4v) is 8.76. The van der Waals surface area contributed by atoms with E-state index in [-0.39, 0.29) is 19.2 Å². The van der Waals surface area contributed by atoms with E-state index in [1.54, 1.807) is 0 Å². The second-order valence-corrected chi connectivity index (χ2v) is 19.4. The number of aliphatic hydroxyl groups excluding tert-OH is 4. The summed E-state index contributed by atoms with van der Waals surface area (Å²) < 4.78 is 23.0. The van der Waals surface area contributed by atoms with Crippen molar-refractivity contribution in [2.75, 3.05) is 26.4 Å². The van der Waals surface area contributed by atoms with Crippen LogP contribution in [0.15, 0.2) is 24.3 Å². The average molecular weight is 923 g/mol. The molecule has 4 N–H and O–H groups in total. The highest BCUT2D eigenvalue weighted by Crippen LogP contribution is 2.23. The molecule has 1 aliphatic rings. The van der Waals surface area contributed by atoms with E-state index in [4.69, 9.17) is 18.9 Å². The molecule has 9 heteroatoms. The number of aliphatic hydroxyl groups is 4. The zero-order chi connectivity index (χ0) is 47.1. The van der Waals surface area contributed by atoms with E-state index >= 15 is 0 Å². The van der Waals surface area contributed by atoms with E-state index in [2.05, 4.69) is 38.2 Å². The Labute approximate surface area is 400 Å². The summed E-state index contributed by atoms with van der Waals surface area (Å²) in [6, 6.07) is 0. The maximum absolute atomic E-state index is 12.9. The van der Waals surface area contributed by atoms with E-state index in [1.165, 1.54) is 205 Å². The van der Waals surface area contributed by atoms with Crippen LogP contribution >= 0.6 is 0 Å². The van der Waals surface area contributed by atoms with Gasteiger partial charge in [0.1, 0.15) is 30.5 Å². The van der Waals surface area contributed by atoms with Crippen molar-refractivity contribution in [1.29, 1.82) is 0 Å². The molecular weight excluding hydrogens is 817 g/mol. The first-order valence-electron chi connectivity index (χ1n) is 27.9. The van der Waals surface area contributed by atoms with Crippen LogP contribution in [0.2, 0.25) is 0 Å². The van der Waals surface area contributed by atoms with Crippen molar-refractivity contribution >= 4 is 5.97 Å². The molecule has 6 unspecified atom stereocenters. The molecule has 0 aliphatic carbocycles. The molecule has 1 rings (SSSR count). The quantitative estimate of drug-likeness (QED) is 0.0267. The Kier molecular flexibility index (Phi) is 45.3. The summed E-state index contributed by atoms with van der Waals surface area (Å²) in [6.07, 6.45) is 50.7. The van der Waals surface area contributed by atoms with Crippen LogP contribution in [0.5, 0.6) is 0 Å². The molecule has 6 atom stereocenters. The van der Waals surface area contributed by atoms with Gasteiger partial charge in [0.25, 0.3) is 0 Å². The molecule has 1 fully saturated rings. The zero-order valence-electron chi connectivity index (χ0n) is 42.5. The lowest BCUT2D eigenvalue weighted by atomic mass is 9.99. The maximum Gasteiger partial charge on any atom is 0.306 e. The lowest BCUT2D eigenvalue weighted by Gasteiger charge is -2.39. The van der Waals surface area contributed by atoms with E-state index < -0.39 is 43.4 Å². The number of carbonyl (C=O) groups excluding carboxylic acids is 1. The predicted octanol–water partition coefficient (Wildman–Crippen LogP) is 14.1. The maximum atomic E-state index is 12.9. The number of hydrogen-bond donors (Lipinski definition) is 4. The molecule has 0 aromatic rings. The standard InChI is InChI=1S/C56H106O9/c1-3-5-7-9-11-13-15-17-19-21-23-25-26-28-30-32-34-36-38-40-42-44-46-62-48-50(49-63-56-55(61)54(60)53(59)51(47-57)65-56)64-52(58)45-43-41-39-37-35-33-31-29-27-24-22-20-18-16-14-12-10-8-6-4-2/h15,17,21,23,50-51,53-57,59-61H,3-14,16,18-20,22,24-49H2,1-2H3/b17-15-,23-21-. The third kappa shape index (κ3) is 38.2. The molecule has 1 heterocycles. The monoisotopic (exact) mass is 923 g/mol. The molecule has 1 aliphatic heterocycles. The summed E-state index contributed by atoms with van der Waals surface area (Å²) in [5.74, 6) is -0.308. The second-order valence-electron chi connectivity index (χ2n) is 19.4. The molecule has 384 valence electrons. The molecule has 0 amide bonds. The Morgan fingerprint density at radius 3 is 1.32 bits per heavy atom. The number of hydrogen-bond acceptors (Lipinski definition) is 9. The molecule has 0 radical (unpaired) electrons.